The van der Waals surface area contributed by atoms with E-state index in [1.54, 1.807) is 18.5 Å². The van der Waals surface area contributed by atoms with Crippen molar-refractivity contribution in [3.8, 4) is 0 Å². The third kappa shape index (κ3) is 4.73. The molecule has 0 spiro atoms. The van der Waals surface area contributed by atoms with E-state index in [9.17, 15) is 9.59 Å². The van der Waals surface area contributed by atoms with Gasteiger partial charge in [-0.15, -0.1) is 0 Å². The van der Waals surface area contributed by atoms with Gasteiger partial charge in [0, 0.05) is 25.2 Å². The molecule has 2 aliphatic rings. The number of imide groups is 1. The molecular weight excluding hydrogens is 366 g/mol. The number of aromatic nitrogens is 2. The first kappa shape index (κ1) is 22.0. The summed E-state index contributed by atoms with van der Waals surface area (Å²) in [5.74, 6) is 0.237. The Kier molecular flexibility index (Phi) is 5.96. The number of amides is 2. The quantitative estimate of drug-likeness (QED) is 0.418. The normalized spacial score (nSPS) is 31.6. The van der Waals surface area contributed by atoms with Crippen LogP contribution in [0.4, 0.5) is 5.95 Å². The van der Waals surface area contributed by atoms with Crippen molar-refractivity contribution >= 4 is 17.8 Å². The molecule has 7 nitrogen and oxygen atoms in total. The number of nitrogens with zero attached hydrogens (tertiary/aromatic N) is 5. The Bertz CT molecular complexity index is 734. The Hall–Kier alpha value is -1.70. The number of piperazine rings is 1. The molecule has 1 aromatic rings. The highest BCUT2D eigenvalue weighted by Crippen LogP contribution is 2.35. The predicted molar refractivity (Wildman–Crippen MR) is 109 cm³/mol. The minimum atomic E-state index is -0.567. The van der Waals surface area contributed by atoms with Crippen molar-refractivity contribution in [2.45, 2.75) is 39.5 Å². The van der Waals surface area contributed by atoms with Gasteiger partial charge in [-0.2, -0.15) is 14.5 Å². The number of carbonyl (C=O) groups is 2. The van der Waals surface area contributed by atoms with Crippen LogP contribution in [0.1, 0.15) is 39.5 Å². The number of hydrogen-bond acceptors (Lipinski definition) is 4. The molecule has 0 aliphatic carbocycles. The Morgan fingerprint density at radius 1 is 0.897 bits per heavy atom. The van der Waals surface area contributed by atoms with Gasteiger partial charge in [-0.05, 0) is 11.5 Å². The minimum absolute atomic E-state index is 0.186. The van der Waals surface area contributed by atoms with Gasteiger partial charge in [-0.3, -0.25) is 0 Å². The number of quaternary nitrogens is 3. The van der Waals surface area contributed by atoms with E-state index in [1.165, 1.54) is 0 Å². The number of piperidine rings is 1. The molecule has 3 heterocycles. The first-order valence-corrected chi connectivity index (χ1v) is 10.3. The fraction of sp³-hybridized carbons (Fsp3) is 0.591. The zero-order valence-electron chi connectivity index (χ0n) is 17.6. The van der Waals surface area contributed by atoms with Gasteiger partial charge < -0.3 is 4.48 Å². The summed E-state index contributed by atoms with van der Waals surface area (Å²) in [6.07, 6.45) is 5.54. The van der Waals surface area contributed by atoms with E-state index in [1.807, 2.05) is 13.8 Å². The van der Waals surface area contributed by atoms with Crippen LogP contribution in [-0.4, -0.2) is 70.0 Å². The lowest BCUT2D eigenvalue weighted by molar-refractivity contribution is -0.890. The summed E-state index contributed by atoms with van der Waals surface area (Å²) in [6, 6.07) is 1.77. The number of rotatable bonds is 6. The number of likely N-dealkylation sites (tertiary alicyclic amines) is 1. The van der Waals surface area contributed by atoms with Crippen molar-refractivity contribution in [1.82, 2.24) is 14.5 Å². The largest absolute Gasteiger partial charge is 0.329 e. The first-order chi connectivity index (χ1) is 13.5. The molecule has 0 saturated carbocycles. The van der Waals surface area contributed by atoms with Crippen molar-refractivity contribution in [2.24, 2.45) is 5.41 Å². The van der Waals surface area contributed by atoms with Gasteiger partial charge in [0.15, 0.2) is 0 Å². The molecule has 7 heteroatoms. The molecule has 154 valence electrons. The molecule has 0 bridgehead atoms. The van der Waals surface area contributed by atoms with Crippen LogP contribution in [0.3, 0.4) is 0 Å². The van der Waals surface area contributed by atoms with Crippen LogP contribution >= 0.6 is 0 Å². The van der Waals surface area contributed by atoms with Gasteiger partial charge in [0.25, 0.3) is 0 Å². The fourth-order valence-corrected chi connectivity index (χ4v) is 4.26. The van der Waals surface area contributed by atoms with Crippen LogP contribution < -0.4 is 4.48 Å². The lowest BCUT2D eigenvalue weighted by atomic mass is 9.80. The summed E-state index contributed by atoms with van der Waals surface area (Å²) in [5.41, 5.74) is -0.301. The van der Waals surface area contributed by atoms with Crippen molar-refractivity contribution < 1.29 is 18.6 Å². The van der Waals surface area contributed by atoms with Gasteiger partial charge in [-0.25, -0.2) is 14.1 Å². The number of hydrogen-bond donors (Lipinski definition) is 0. The van der Waals surface area contributed by atoms with E-state index in [2.05, 4.69) is 9.97 Å². The molecule has 6 radical (unpaired) electrons. The Morgan fingerprint density at radius 3 is 1.97 bits per heavy atom. The molecule has 0 unspecified atom stereocenters. The zero-order valence-corrected chi connectivity index (χ0v) is 17.6. The Balaban J connectivity index is 1.49. The third-order valence-corrected chi connectivity index (χ3v) is 6.35. The van der Waals surface area contributed by atoms with Gasteiger partial charge >= 0.3 is 17.8 Å². The second-order valence-electron chi connectivity index (χ2n) is 9.52. The van der Waals surface area contributed by atoms with Crippen molar-refractivity contribution in [3.63, 3.8) is 0 Å². The maximum atomic E-state index is 12.5. The van der Waals surface area contributed by atoms with E-state index in [0.29, 0.717) is 62.4 Å². The predicted octanol–water partition coefficient (Wildman–Crippen LogP) is 2.09. The van der Waals surface area contributed by atoms with Crippen LogP contribution in [-0.2, 0) is 9.59 Å². The van der Waals surface area contributed by atoms with E-state index in [4.69, 9.17) is 21.1 Å². The summed E-state index contributed by atoms with van der Waals surface area (Å²) >= 11 is 0. The molecule has 1 aromatic heterocycles. The Labute approximate surface area is 175 Å². The summed E-state index contributed by atoms with van der Waals surface area (Å²) in [7, 11) is 19.2. The van der Waals surface area contributed by atoms with E-state index in [0.717, 1.165) is 13.0 Å². The van der Waals surface area contributed by atoms with Gasteiger partial charge in [0.05, 0.1) is 25.9 Å². The Morgan fingerprint density at radius 2 is 1.41 bits per heavy atom. The third-order valence-electron chi connectivity index (χ3n) is 6.35. The second-order valence-corrected chi connectivity index (χ2v) is 9.52. The summed E-state index contributed by atoms with van der Waals surface area (Å²) in [4.78, 5) is 33.5. The summed E-state index contributed by atoms with van der Waals surface area (Å²) < 4.78 is 0.0469. The van der Waals surface area contributed by atoms with Crippen LogP contribution in [0.15, 0.2) is 18.5 Å². The summed E-state index contributed by atoms with van der Waals surface area (Å²) in [5, 5.41) is 0. The highest BCUT2D eigenvalue weighted by atomic mass is 16.2. The van der Waals surface area contributed by atoms with Gasteiger partial charge in [-0.1, -0.05) is 13.8 Å². The van der Waals surface area contributed by atoms with E-state index in [-0.39, 0.29) is 21.7 Å². The van der Waals surface area contributed by atoms with Crippen LogP contribution in [0.2, 0.25) is 0 Å². The van der Waals surface area contributed by atoms with Crippen molar-refractivity contribution in [3.05, 3.63) is 39.6 Å². The van der Waals surface area contributed by atoms with Crippen molar-refractivity contribution in [1.29, 1.82) is 0 Å². The topological polar surface area (TPSA) is 59.9 Å². The average Bonchev–Trinajstić information content (AvgIpc) is 2.67. The standard InChI is InChI=1S/C22H32N5O2/c1-22(2)17-19(28)27(5,20(29)18-22)12-7-6-11-25(3)13-15-26(4,16-14-25)21-23-9-8-10-24-21/h3-5,8-10H,6-7,11-18H2,1-2H3/q+3. The highest BCUT2D eigenvalue weighted by Gasteiger charge is 2.50. The zero-order chi connectivity index (χ0) is 21.3. The molecule has 2 saturated heterocycles. The number of unbranched alkanes of at least 4 members (excludes halogenated alkanes) is 1. The molecule has 0 atom stereocenters. The molecule has 29 heavy (non-hydrogen) atoms. The van der Waals surface area contributed by atoms with Gasteiger partial charge in [0.2, 0.25) is 21.1 Å². The van der Waals surface area contributed by atoms with E-state index >= 15 is 0 Å². The second kappa shape index (κ2) is 7.85. The molecule has 0 aromatic carbocycles. The molecule has 2 aliphatic heterocycles. The monoisotopic (exact) mass is 398 g/mol. The minimum Gasteiger partial charge on any atom is -0.301 e. The lowest BCUT2D eigenvalue weighted by Crippen LogP contribution is -2.63. The maximum Gasteiger partial charge on any atom is 0.329 e. The van der Waals surface area contributed by atoms with Crippen LogP contribution in [0.5, 0.6) is 0 Å². The lowest BCUT2D eigenvalue weighted by Gasteiger charge is -2.43. The molecular formula is C22H32N5O2+3. The van der Waals surface area contributed by atoms with E-state index < -0.39 is 4.48 Å². The first-order valence-electron chi connectivity index (χ1n) is 10.3. The molecule has 3 rings (SSSR count). The maximum absolute atomic E-state index is 12.5. The smallest absolute Gasteiger partial charge is 0.301 e. The van der Waals surface area contributed by atoms with Gasteiger partial charge in [0.1, 0.15) is 26.2 Å². The number of carbonyl (C=O) groups excluding carboxylic acids is 2. The fourth-order valence-electron chi connectivity index (χ4n) is 4.26. The van der Waals surface area contributed by atoms with Crippen LogP contribution in [0.25, 0.3) is 0 Å². The average molecular weight is 399 g/mol. The highest BCUT2D eigenvalue weighted by molar-refractivity contribution is 5.88. The van der Waals surface area contributed by atoms with Crippen molar-refractivity contribution in [2.75, 3.05) is 39.3 Å². The summed E-state index contributed by atoms with van der Waals surface area (Å²) in [6.45, 7) is 7.69. The molecule has 2 fully saturated rings. The molecule has 2 amide bonds. The molecule has 0 N–H and O–H groups in total. The van der Waals surface area contributed by atoms with Crippen LogP contribution in [0, 0.1) is 26.6 Å². The SMILES string of the molecule is [CH][N+]1(CCCC[N+]2([CH])C(=O)CC(C)(C)CC2=O)CC[N+]([CH])(c2ncccn2)CC1.